The van der Waals surface area contributed by atoms with E-state index in [9.17, 15) is 8.78 Å². The van der Waals surface area contributed by atoms with Crippen LogP contribution in [0.4, 0.5) is 13.9 Å². The van der Waals surface area contributed by atoms with Gasteiger partial charge in [0, 0.05) is 22.4 Å². The zero-order valence-electron chi connectivity index (χ0n) is 9.80. The number of hydrogen-bond acceptors (Lipinski definition) is 3. The van der Waals surface area contributed by atoms with Crippen molar-refractivity contribution in [1.29, 1.82) is 0 Å². The molecule has 0 spiro atoms. The minimum Gasteiger partial charge on any atom is -0.375 e. The first-order chi connectivity index (χ1) is 8.40. The molecule has 0 radical (unpaired) electrons. The summed E-state index contributed by atoms with van der Waals surface area (Å²) in [5.74, 6) is -1.65. The van der Waals surface area contributed by atoms with E-state index < -0.39 is 11.6 Å². The lowest BCUT2D eigenvalue weighted by Crippen LogP contribution is -2.01. The standard InChI is InChI=1S/C12H11ClF2N2S/c1-5(11-6(2)17-12(16)18-11)10-8(13)3-7(14)4-9(10)15/h3-5H,1-2H3,(H2,16,17). The molecule has 2 N–H and O–H groups in total. The van der Waals surface area contributed by atoms with E-state index in [4.69, 9.17) is 17.3 Å². The van der Waals surface area contributed by atoms with E-state index in [0.29, 0.717) is 5.13 Å². The molecule has 0 aliphatic carbocycles. The monoisotopic (exact) mass is 288 g/mol. The van der Waals surface area contributed by atoms with Crippen LogP contribution in [-0.2, 0) is 0 Å². The van der Waals surface area contributed by atoms with Gasteiger partial charge in [0.2, 0.25) is 0 Å². The zero-order valence-corrected chi connectivity index (χ0v) is 11.4. The first-order valence-electron chi connectivity index (χ1n) is 5.27. The molecule has 18 heavy (non-hydrogen) atoms. The van der Waals surface area contributed by atoms with Crippen LogP contribution in [0.1, 0.15) is 29.0 Å². The molecule has 0 amide bonds. The predicted molar refractivity (Wildman–Crippen MR) is 70.1 cm³/mol. The third-order valence-electron chi connectivity index (χ3n) is 2.72. The van der Waals surface area contributed by atoms with Crippen molar-refractivity contribution in [3.63, 3.8) is 0 Å². The van der Waals surface area contributed by atoms with Gasteiger partial charge in [-0.25, -0.2) is 13.8 Å². The maximum atomic E-state index is 13.8. The van der Waals surface area contributed by atoms with Gasteiger partial charge in [-0.15, -0.1) is 11.3 Å². The summed E-state index contributed by atoms with van der Waals surface area (Å²) in [5, 5.41) is 0.499. The number of aryl methyl sites for hydroxylation is 1. The van der Waals surface area contributed by atoms with Crippen molar-refractivity contribution < 1.29 is 8.78 Å². The second-order valence-corrected chi connectivity index (χ2v) is 5.48. The molecule has 0 aliphatic rings. The number of rotatable bonds is 2. The van der Waals surface area contributed by atoms with Crippen molar-refractivity contribution >= 4 is 28.1 Å². The summed E-state index contributed by atoms with van der Waals surface area (Å²) in [6.45, 7) is 3.59. The van der Waals surface area contributed by atoms with Gasteiger partial charge >= 0.3 is 0 Å². The highest BCUT2D eigenvalue weighted by atomic mass is 35.5. The molecule has 1 unspecified atom stereocenters. The molecule has 6 heteroatoms. The third kappa shape index (κ3) is 2.33. The van der Waals surface area contributed by atoms with Crippen molar-refractivity contribution in [1.82, 2.24) is 4.98 Å². The fraction of sp³-hybridized carbons (Fsp3) is 0.250. The van der Waals surface area contributed by atoms with Gasteiger partial charge in [-0.3, -0.25) is 0 Å². The Morgan fingerprint density at radius 3 is 2.56 bits per heavy atom. The minimum atomic E-state index is -0.686. The number of thiazole rings is 1. The van der Waals surface area contributed by atoms with Crippen LogP contribution in [0.3, 0.4) is 0 Å². The molecular weight excluding hydrogens is 278 g/mol. The van der Waals surface area contributed by atoms with Crippen LogP contribution in [0.2, 0.25) is 5.02 Å². The van der Waals surface area contributed by atoms with Gasteiger partial charge in [-0.05, 0) is 13.0 Å². The van der Waals surface area contributed by atoms with Crippen LogP contribution in [0, 0.1) is 18.6 Å². The maximum absolute atomic E-state index is 13.8. The van der Waals surface area contributed by atoms with Gasteiger partial charge in [0.25, 0.3) is 0 Å². The molecule has 1 atom stereocenters. The van der Waals surface area contributed by atoms with E-state index in [1.165, 1.54) is 11.3 Å². The fourth-order valence-electron chi connectivity index (χ4n) is 1.93. The molecule has 0 saturated heterocycles. The Balaban J connectivity index is 2.52. The molecule has 2 rings (SSSR count). The Kier molecular flexibility index (Phi) is 3.54. The number of nitrogens with two attached hydrogens (primary N) is 1. The Hall–Kier alpha value is -1.20. The summed E-state index contributed by atoms with van der Waals surface area (Å²) in [7, 11) is 0. The SMILES string of the molecule is Cc1nc(N)sc1C(C)c1c(F)cc(F)cc1Cl. The van der Waals surface area contributed by atoms with Crippen LogP contribution >= 0.6 is 22.9 Å². The van der Waals surface area contributed by atoms with Gasteiger partial charge in [-0.1, -0.05) is 18.5 Å². The topological polar surface area (TPSA) is 38.9 Å². The lowest BCUT2D eigenvalue weighted by atomic mass is 9.98. The Morgan fingerprint density at radius 1 is 1.39 bits per heavy atom. The number of hydrogen-bond donors (Lipinski definition) is 1. The van der Waals surface area contributed by atoms with Crippen molar-refractivity contribution in [2.24, 2.45) is 0 Å². The molecule has 2 nitrogen and oxygen atoms in total. The molecule has 1 aromatic carbocycles. The van der Waals surface area contributed by atoms with Gasteiger partial charge in [0.1, 0.15) is 11.6 Å². The van der Waals surface area contributed by atoms with Gasteiger partial charge in [-0.2, -0.15) is 0 Å². The molecule has 1 aromatic heterocycles. The molecule has 2 aromatic rings. The number of benzene rings is 1. The number of halogens is 3. The molecule has 0 aliphatic heterocycles. The highest BCUT2D eigenvalue weighted by Gasteiger charge is 2.22. The minimum absolute atomic E-state index is 0.0753. The number of anilines is 1. The normalized spacial score (nSPS) is 12.7. The molecule has 0 saturated carbocycles. The van der Waals surface area contributed by atoms with Crippen LogP contribution in [-0.4, -0.2) is 4.98 Å². The zero-order chi connectivity index (χ0) is 13.4. The lowest BCUT2D eigenvalue weighted by molar-refractivity contribution is 0.568. The van der Waals surface area contributed by atoms with E-state index in [0.717, 1.165) is 22.7 Å². The van der Waals surface area contributed by atoms with Crippen molar-refractivity contribution in [2.45, 2.75) is 19.8 Å². The quantitative estimate of drug-likeness (QED) is 0.903. The molecule has 1 heterocycles. The van der Waals surface area contributed by atoms with Crippen LogP contribution < -0.4 is 5.73 Å². The van der Waals surface area contributed by atoms with Crippen LogP contribution in [0.5, 0.6) is 0 Å². The number of aromatic nitrogens is 1. The van der Waals surface area contributed by atoms with E-state index in [-0.39, 0.29) is 16.5 Å². The molecule has 0 fully saturated rings. The first-order valence-corrected chi connectivity index (χ1v) is 6.46. The predicted octanol–water partition coefficient (Wildman–Crippen LogP) is 4.12. The van der Waals surface area contributed by atoms with Crippen molar-refractivity contribution in [3.05, 3.63) is 44.9 Å². The average molecular weight is 289 g/mol. The summed E-state index contributed by atoms with van der Waals surface area (Å²) in [6.07, 6.45) is 0. The van der Waals surface area contributed by atoms with Gasteiger partial charge in [0.05, 0.1) is 10.7 Å². The summed E-state index contributed by atoms with van der Waals surface area (Å²) in [6, 6.07) is 1.94. The van der Waals surface area contributed by atoms with E-state index in [1.807, 2.05) is 0 Å². The highest BCUT2D eigenvalue weighted by molar-refractivity contribution is 7.15. The smallest absolute Gasteiger partial charge is 0.180 e. The molecule has 96 valence electrons. The van der Waals surface area contributed by atoms with E-state index in [2.05, 4.69) is 4.98 Å². The highest BCUT2D eigenvalue weighted by Crippen LogP contribution is 2.37. The molecule has 0 bridgehead atoms. The summed E-state index contributed by atoms with van der Waals surface area (Å²) < 4.78 is 26.8. The van der Waals surface area contributed by atoms with Gasteiger partial charge in [0.15, 0.2) is 5.13 Å². The maximum Gasteiger partial charge on any atom is 0.180 e. The second-order valence-electron chi connectivity index (χ2n) is 4.01. The van der Waals surface area contributed by atoms with Crippen molar-refractivity contribution in [3.8, 4) is 0 Å². The number of nitrogen functional groups attached to an aromatic ring is 1. The van der Waals surface area contributed by atoms with Crippen LogP contribution in [0.25, 0.3) is 0 Å². The lowest BCUT2D eigenvalue weighted by Gasteiger charge is -2.13. The van der Waals surface area contributed by atoms with Gasteiger partial charge < -0.3 is 5.73 Å². The Bertz CT molecular complexity index is 575. The Labute approximate surface area is 112 Å². The van der Waals surface area contributed by atoms with Crippen molar-refractivity contribution in [2.75, 3.05) is 5.73 Å². The summed E-state index contributed by atoms with van der Waals surface area (Å²) >= 11 is 7.20. The van der Waals surface area contributed by atoms with E-state index in [1.54, 1.807) is 13.8 Å². The Morgan fingerprint density at radius 2 is 2.06 bits per heavy atom. The molecular formula is C12H11ClF2N2S. The fourth-order valence-corrected chi connectivity index (χ4v) is 3.18. The second kappa shape index (κ2) is 4.82. The summed E-state index contributed by atoms with van der Waals surface area (Å²) in [5.41, 5.74) is 6.63. The van der Waals surface area contributed by atoms with Crippen LogP contribution in [0.15, 0.2) is 12.1 Å². The largest absolute Gasteiger partial charge is 0.375 e. The average Bonchev–Trinajstić information content (AvgIpc) is 2.56. The van der Waals surface area contributed by atoms with E-state index >= 15 is 0 Å². The first kappa shape index (κ1) is 13.2. The third-order valence-corrected chi connectivity index (χ3v) is 4.20. The summed E-state index contributed by atoms with van der Waals surface area (Å²) in [4.78, 5) is 4.92. The number of nitrogens with zero attached hydrogens (tertiary/aromatic N) is 1.